The summed E-state index contributed by atoms with van der Waals surface area (Å²) >= 11 is 5.86. The average molecular weight is 271 g/mol. The summed E-state index contributed by atoms with van der Waals surface area (Å²) in [5.74, 6) is -0.214. The topological polar surface area (TPSA) is 17.8 Å². The maximum absolute atomic E-state index is 13.9. The molecule has 0 spiro atoms. The molecule has 1 saturated carbocycles. The minimum Gasteiger partial charge on any atom is -0.321 e. The Morgan fingerprint density at radius 3 is 2.72 bits per heavy atom. The van der Waals surface area contributed by atoms with Crippen LogP contribution in [0.2, 0.25) is 0 Å². The summed E-state index contributed by atoms with van der Waals surface area (Å²) in [6, 6.07) is 2.80. The highest BCUT2D eigenvalue weighted by molar-refractivity contribution is 6.16. The SMILES string of the molecule is CC1CC(n2c(CCl)nc3ccc(F)c(F)c32)C1. The van der Waals surface area contributed by atoms with Gasteiger partial charge in [0.2, 0.25) is 0 Å². The Hall–Kier alpha value is -1.16. The Labute approximate surface area is 109 Å². The molecule has 2 aromatic rings. The summed E-state index contributed by atoms with van der Waals surface area (Å²) in [5.41, 5.74) is 0.728. The van der Waals surface area contributed by atoms with E-state index in [1.165, 1.54) is 6.07 Å². The zero-order chi connectivity index (χ0) is 12.9. The van der Waals surface area contributed by atoms with Gasteiger partial charge in [-0.2, -0.15) is 0 Å². The lowest BCUT2D eigenvalue weighted by atomic mass is 9.81. The third kappa shape index (κ3) is 1.62. The third-order valence-electron chi connectivity index (χ3n) is 3.65. The van der Waals surface area contributed by atoms with Crippen molar-refractivity contribution in [2.45, 2.75) is 31.7 Å². The van der Waals surface area contributed by atoms with Crippen molar-refractivity contribution < 1.29 is 8.78 Å². The van der Waals surface area contributed by atoms with Gasteiger partial charge in [-0.25, -0.2) is 13.8 Å². The number of aromatic nitrogens is 2. The maximum Gasteiger partial charge on any atom is 0.184 e. The number of hydrogen-bond acceptors (Lipinski definition) is 1. The number of imidazole rings is 1. The quantitative estimate of drug-likeness (QED) is 0.754. The molecule has 0 N–H and O–H groups in total. The van der Waals surface area contributed by atoms with Crippen molar-refractivity contribution in [3.05, 3.63) is 29.6 Å². The Bertz CT molecular complexity index is 603. The van der Waals surface area contributed by atoms with E-state index < -0.39 is 11.6 Å². The third-order valence-corrected chi connectivity index (χ3v) is 3.89. The second kappa shape index (κ2) is 4.19. The van der Waals surface area contributed by atoms with Gasteiger partial charge in [-0.15, -0.1) is 11.6 Å². The maximum atomic E-state index is 13.9. The molecule has 5 heteroatoms. The molecule has 96 valence electrons. The Kier molecular flexibility index (Phi) is 2.77. The van der Waals surface area contributed by atoms with Gasteiger partial charge in [0.1, 0.15) is 11.3 Å². The van der Waals surface area contributed by atoms with Gasteiger partial charge in [0.05, 0.1) is 11.4 Å². The Morgan fingerprint density at radius 2 is 2.11 bits per heavy atom. The first-order valence-electron chi connectivity index (χ1n) is 6.02. The van der Waals surface area contributed by atoms with E-state index in [4.69, 9.17) is 11.6 Å². The lowest BCUT2D eigenvalue weighted by Gasteiger charge is -2.35. The van der Waals surface area contributed by atoms with Gasteiger partial charge in [-0.1, -0.05) is 6.92 Å². The van der Waals surface area contributed by atoms with E-state index in [1.54, 1.807) is 4.57 Å². The second-order valence-corrected chi connectivity index (χ2v) is 5.26. The predicted molar refractivity (Wildman–Crippen MR) is 66.6 cm³/mol. The molecule has 1 heterocycles. The fraction of sp³-hybridized carbons (Fsp3) is 0.462. The van der Waals surface area contributed by atoms with Crippen LogP contribution in [-0.2, 0) is 5.88 Å². The van der Waals surface area contributed by atoms with Crippen molar-refractivity contribution in [1.29, 1.82) is 0 Å². The molecule has 3 rings (SSSR count). The molecule has 1 aliphatic rings. The first-order chi connectivity index (χ1) is 8.61. The number of hydrogen-bond donors (Lipinski definition) is 0. The van der Waals surface area contributed by atoms with Crippen molar-refractivity contribution >= 4 is 22.6 Å². The van der Waals surface area contributed by atoms with Crippen LogP contribution in [0.1, 0.15) is 31.6 Å². The zero-order valence-corrected chi connectivity index (χ0v) is 10.7. The molecule has 0 bridgehead atoms. The van der Waals surface area contributed by atoms with Crippen LogP contribution in [-0.4, -0.2) is 9.55 Å². The van der Waals surface area contributed by atoms with Gasteiger partial charge in [-0.05, 0) is 30.9 Å². The number of fused-ring (bicyclic) bond motifs is 1. The van der Waals surface area contributed by atoms with Crippen molar-refractivity contribution in [1.82, 2.24) is 9.55 Å². The van der Waals surface area contributed by atoms with E-state index >= 15 is 0 Å². The summed E-state index contributed by atoms with van der Waals surface area (Å²) in [7, 11) is 0. The van der Waals surface area contributed by atoms with E-state index in [9.17, 15) is 8.78 Å². The van der Waals surface area contributed by atoms with Crippen LogP contribution < -0.4 is 0 Å². The number of rotatable bonds is 2. The molecule has 1 aromatic carbocycles. The fourth-order valence-corrected chi connectivity index (χ4v) is 2.92. The van der Waals surface area contributed by atoms with E-state index in [0.717, 1.165) is 18.9 Å². The fourth-order valence-electron chi connectivity index (χ4n) is 2.73. The Balaban J connectivity index is 2.23. The highest BCUT2D eigenvalue weighted by Crippen LogP contribution is 2.40. The summed E-state index contributed by atoms with van der Waals surface area (Å²) in [6.45, 7) is 2.15. The van der Waals surface area contributed by atoms with Crippen LogP contribution in [0.5, 0.6) is 0 Å². The van der Waals surface area contributed by atoms with Crippen LogP contribution in [0.25, 0.3) is 11.0 Å². The summed E-state index contributed by atoms with van der Waals surface area (Å²) < 4.78 is 29.1. The predicted octanol–water partition coefficient (Wildman–Crippen LogP) is 4.02. The van der Waals surface area contributed by atoms with E-state index in [-0.39, 0.29) is 17.4 Å². The molecule has 1 aromatic heterocycles. The van der Waals surface area contributed by atoms with Gasteiger partial charge in [-0.3, -0.25) is 0 Å². The molecule has 0 amide bonds. The molecule has 0 atom stereocenters. The second-order valence-electron chi connectivity index (χ2n) is 4.99. The van der Waals surface area contributed by atoms with E-state index in [1.807, 2.05) is 0 Å². The number of alkyl halides is 1. The molecule has 18 heavy (non-hydrogen) atoms. The molecule has 2 nitrogen and oxygen atoms in total. The van der Waals surface area contributed by atoms with E-state index in [2.05, 4.69) is 11.9 Å². The Morgan fingerprint density at radius 1 is 1.39 bits per heavy atom. The van der Waals surface area contributed by atoms with Gasteiger partial charge in [0.15, 0.2) is 11.6 Å². The van der Waals surface area contributed by atoms with Crippen LogP contribution in [0.4, 0.5) is 8.78 Å². The first-order valence-corrected chi connectivity index (χ1v) is 6.56. The smallest absolute Gasteiger partial charge is 0.184 e. The van der Waals surface area contributed by atoms with Crippen molar-refractivity contribution in [2.24, 2.45) is 5.92 Å². The van der Waals surface area contributed by atoms with Crippen LogP contribution in [0.15, 0.2) is 12.1 Å². The summed E-state index contributed by atoms with van der Waals surface area (Å²) in [6.07, 6.45) is 1.93. The highest BCUT2D eigenvalue weighted by Gasteiger charge is 2.31. The number of benzene rings is 1. The van der Waals surface area contributed by atoms with Gasteiger partial charge in [0.25, 0.3) is 0 Å². The molecule has 0 saturated heterocycles. The zero-order valence-electron chi connectivity index (χ0n) is 9.96. The molecular formula is C13H13ClF2N2. The van der Waals surface area contributed by atoms with Crippen molar-refractivity contribution in [3.8, 4) is 0 Å². The molecule has 0 radical (unpaired) electrons. The molecule has 0 unspecified atom stereocenters. The van der Waals surface area contributed by atoms with Gasteiger partial charge in [0, 0.05) is 6.04 Å². The molecular weight excluding hydrogens is 258 g/mol. The summed E-state index contributed by atoms with van der Waals surface area (Å²) in [5, 5.41) is 0. The normalized spacial score (nSPS) is 23.3. The van der Waals surface area contributed by atoms with E-state index in [0.29, 0.717) is 17.3 Å². The van der Waals surface area contributed by atoms with Crippen LogP contribution in [0.3, 0.4) is 0 Å². The number of nitrogens with zero attached hydrogens (tertiary/aromatic N) is 2. The molecule has 1 fully saturated rings. The minimum atomic E-state index is -0.836. The van der Waals surface area contributed by atoms with Crippen molar-refractivity contribution in [3.63, 3.8) is 0 Å². The van der Waals surface area contributed by atoms with Crippen molar-refractivity contribution in [2.75, 3.05) is 0 Å². The van der Waals surface area contributed by atoms with Crippen LogP contribution in [0, 0.1) is 17.6 Å². The first kappa shape index (κ1) is 11.9. The molecule has 1 aliphatic carbocycles. The molecule has 0 aliphatic heterocycles. The minimum absolute atomic E-state index is 0.190. The number of halogens is 3. The average Bonchev–Trinajstić information content (AvgIpc) is 2.69. The highest BCUT2D eigenvalue weighted by atomic mass is 35.5. The van der Waals surface area contributed by atoms with Crippen LogP contribution >= 0.6 is 11.6 Å². The largest absolute Gasteiger partial charge is 0.321 e. The standard InChI is InChI=1S/C13H13ClF2N2/c1-7-4-8(5-7)18-11(6-14)17-10-3-2-9(15)12(16)13(10)18/h2-3,7-8H,4-6H2,1H3. The summed E-state index contributed by atoms with van der Waals surface area (Å²) in [4.78, 5) is 4.29. The lowest BCUT2D eigenvalue weighted by molar-refractivity contribution is 0.216. The van der Waals surface area contributed by atoms with Gasteiger partial charge < -0.3 is 4.57 Å². The monoisotopic (exact) mass is 270 g/mol. The van der Waals surface area contributed by atoms with Gasteiger partial charge >= 0.3 is 0 Å². The lowest BCUT2D eigenvalue weighted by Crippen LogP contribution is -2.26.